The van der Waals surface area contributed by atoms with E-state index in [2.05, 4.69) is 39.7 Å². The lowest BCUT2D eigenvalue weighted by Gasteiger charge is -2.32. The van der Waals surface area contributed by atoms with Gasteiger partial charge in [-0.05, 0) is 51.2 Å². The second-order valence-electron chi connectivity index (χ2n) is 6.87. The van der Waals surface area contributed by atoms with E-state index in [0.29, 0.717) is 13.2 Å². The molecule has 4 nitrogen and oxygen atoms in total. The molecule has 0 saturated heterocycles. The minimum absolute atomic E-state index is 0.104. The Balaban J connectivity index is 4.01. The molecule has 0 aliphatic rings. The number of rotatable bonds is 13. The van der Waals surface area contributed by atoms with Crippen molar-refractivity contribution in [3.63, 3.8) is 0 Å². The molecule has 0 rings (SSSR count). The Kier molecular flexibility index (Phi) is 11.4. The van der Waals surface area contributed by atoms with Gasteiger partial charge in [0.05, 0.1) is 13.2 Å². The van der Waals surface area contributed by atoms with Gasteiger partial charge in [-0.25, -0.2) is 0 Å². The molecule has 0 radical (unpaired) electrons. The number of hydrogen-bond acceptors (Lipinski definition) is 4. The van der Waals surface area contributed by atoms with Gasteiger partial charge in [-0.2, -0.15) is 0 Å². The van der Waals surface area contributed by atoms with Gasteiger partial charge in [0.2, 0.25) is 0 Å². The van der Waals surface area contributed by atoms with Gasteiger partial charge in [0.15, 0.2) is 16.6 Å². The van der Waals surface area contributed by atoms with Crippen molar-refractivity contribution >= 4 is 25.9 Å². The van der Waals surface area contributed by atoms with Crippen LogP contribution in [0, 0.1) is 0 Å². The van der Waals surface area contributed by atoms with Crippen molar-refractivity contribution in [2.75, 3.05) is 19.8 Å². The predicted molar refractivity (Wildman–Crippen MR) is 97.2 cm³/mol. The summed E-state index contributed by atoms with van der Waals surface area (Å²) in [5.74, 6) is 0. The molecule has 0 aromatic heterocycles. The fourth-order valence-electron chi connectivity index (χ4n) is 2.41. The number of hydrogen-bond donors (Lipinski definition) is 1. The molecule has 0 bridgehead atoms. The Morgan fingerprint density at radius 3 is 1.90 bits per heavy atom. The zero-order chi connectivity index (χ0) is 16.4. The van der Waals surface area contributed by atoms with E-state index in [1.54, 1.807) is 0 Å². The summed E-state index contributed by atoms with van der Waals surface area (Å²) in [5.41, 5.74) is 0. The van der Waals surface area contributed by atoms with Gasteiger partial charge in [0.25, 0.3) is 9.28 Å². The summed E-state index contributed by atoms with van der Waals surface area (Å²) in [6.45, 7) is 14.8. The Labute approximate surface area is 135 Å². The van der Waals surface area contributed by atoms with Gasteiger partial charge in [-0.3, -0.25) is 0 Å². The molecule has 128 valence electrons. The van der Waals surface area contributed by atoms with Gasteiger partial charge in [0, 0.05) is 6.61 Å². The highest BCUT2D eigenvalue weighted by Crippen LogP contribution is 2.20. The van der Waals surface area contributed by atoms with Crippen molar-refractivity contribution in [2.24, 2.45) is 0 Å². The molecule has 0 heterocycles. The summed E-state index contributed by atoms with van der Waals surface area (Å²) in [5, 5.41) is 8.67. The molecule has 1 N–H and O–H groups in total. The lowest BCUT2D eigenvalue weighted by atomic mass is 10.4. The normalized spacial score (nSPS) is 14.4. The zero-order valence-corrected chi connectivity index (χ0v) is 18.1. The molecular weight excluding hydrogens is 316 g/mol. The van der Waals surface area contributed by atoms with E-state index in [9.17, 15) is 0 Å². The van der Waals surface area contributed by atoms with E-state index in [-0.39, 0.29) is 6.61 Å². The predicted octanol–water partition coefficient (Wildman–Crippen LogP) is 3.48. The smallest absolute Gasteiger partial charge is 0.297 e. The maximum atomic E-state index is 8.67. The highest BCUT2D eigenvalue weighted by Gasteiger charge is 2.30. The Bertz CT molecular complexity index is 263. The third-order valence-corrected chi connectivity index (χ3v) is 14.3. The maximum absolute atomic E-state index is 8.67. The van der Waals surface area contributed by atoms with Gasteiger partial charge in [-0.15, -0.1) is 0 Å². The van der Waals surface area contributed by atoms with E-state index in [1.807, 2.05) is 0 Å². The minimum atomic E-state index is -1.64. The quantitative estimate of drug-likeness (QED) is 0.407. The molecule has 0 aromatic carbocycles. The van der Waals surface area contributed by atoms with Crippen LogP contribution < -0.4 is 0 Å². The first-order chi connectivity index (χ1) is 9.72. The standard InChI is InChI=1S/C14H36O4Si3/c1-7-8-13-20(3,4)17-19(2)18-21(5,6)14-9-11-16-12-10-15/h15,19H,7-14H2,1-6H3. The third kappa shape index (κ3) is 12.7. The van der Waals surface area contributed by atoms with E-state index in [0.717, 1.165) is 12.5 Å². The Hall–Kier alpha value is 0.491. The second kappa shape index (κ2) is 11.1. The van der Waals surface area contributed by atoms with E-state index < -0.39 is 25.9 Å². The van der Waals surface area contributed by atoms with Crippen LogP contribution in [0.5, 0.6) is 0 Å². The van der Waals surface area contributed by atoms with Crippen LogP contribution in [0.3, 0.4) is 0 Å². The van der Waals surface area contributed by atoms with Crippen molar-refractivity contribution in [3.8, 4) is 0 Å². The summed E-state index contributed by atoms with van der Waals surface area (Å²) in [7, 11) is -4.69. The van der Waals surface area contributed by atoms with Crippen LogP contribution in [-0.2, 0) is 13.0 Å². The van der Waals surface area contributed by atoms with Crippen LogP contribution in [0.15, 0.2) is 0 Å². The highest BCUT2D eigenvalue weighted by molar-refractivity contribution is 6.81. The number of aliphatic hydroxyl groups is 1. The summed E-state index contributed by atoms with van der Waals surface area (Å²) in [6.07, 6.45) is 3.52. The summed E-state index contributed by atoms with van der Waals surface area (Å²) >= 11 is 0. The second-order valence-corrected chi connectivity index (χ2v) is 17.9. The number of aliphatic hydroxyl groups excluding tert-OH is 1. The maximum Gasteiger partial charge on any atom is 0.297 e. The SMILES string of the molecule is CCCC[Si](C)(C)O[SiH](C)O[Si](C)(C)CCCOCCO. The molecule has 0 saturated carbocycles. The summed E-state index contributed by atoms with van der Waals surface area (Å²) in [6, 6.07) is 2.33. The lowest BCUT2D eigenvalue weighted by Crippen LogP contribution is -2.44. The molecule has 1 unspecified atom stereocenters. The molecule has 0 aliphatic heterocycles. The average Bonchev–Trinajstić information content (AvgIpc) is 2.34. The minimum Gasteiger partial charge on any atom is -0.439 e. The van der Waals surface area contributed by atoms with E-state index in [4.69, 9.17) is 18.1 Å². The highest BCUT2D eigenvalue weighted by atomic mass is 28.4. The first-order valence-electron chi connectivity index (χ1n) is 8.26. The molecule has 0 aliphatic carbocycles. The molecule has 7 heteroatoms. The topological polar surface area (TPSA) is 47.9 Å². The van der Waals surface area contributed by atoms with Crippen LogP contribution in [0.4, 0.5) is 0 Å². The van der Waals surface area contributed by atoms with E-state index in [1.165, 1.54) is 18.9 Å². The Morgan fingerprint density at radius 2 is 1.43 bits per heavy atom. The summed E-state index contributed by atoms with van der Waals surface area (Å²) < 4.78 is 18.0. The summed E-state index contributed by atoms with van der Waals surface area (Å²) in [4.78, 5) is 0. The van der Waals surface area contributed by atoms with Crippen molar-refractivity contribution in [1.82, 2.24) is 0 Å². The zero-order valence-electron chi connectivity index (χ0n) is 14.9. The first kappa shape index (κ1) is 21.5. The van der Waals surface area contributed by atoms with Crippen LogP contribution in [0.1, 0.15) is 26.2 Å². The van der Waals surface area contributed by atoms with Crippen LogP contribution in [-0.4, -0.2) is 50.8 Å². The first-order valence-corrected chi connectivity index (χ1v) is 16.6. The fourth-order valence-corrected chi connectivity index (χ4v) is 13.4. The van der Waals surface area contributed by atoms with Crippen LogP contribution in [0.25, 0.3) is 0 Å². The molecule has 0 spiro atoms. The van der Waals surface area contributed by atoms with Crippen LogP contribution in [0.2, 0.25) is 44.8 Å². The van der Waals surface area contributed by atoms with Gasteiger partial charge in [0.1, 0.15) is 0 Å². The van der Waals surface area contributed by atoms with Gasteiger partial charge < -0.3 is 18.1 Å². The van der Waals surface area contributed by atoms with Gasteiger partial charge in [-0.1, -0.05) is 19.8 Å². The molecule has 0 fully saturated rings. The molecule has 0 aromatic rings. The van der Waals surface area contributed by atoms with Crippen molar-refractivity contribution in [1.29, 1.82) is 0 Å². The molecular formula is C14H36O4Si3. The lowest BCUT2D eigenvalue weighted by molar-refractivity contribution is 0.0924. The van der Waals surface area contributed by atoms with Crippen LogP contribution >= 0.6 is 0 Å². The van der Waals surface area contributed by atoms with Crippen molar-refractivity contribution in [2.45, 2.75) is 71.0 Å². The molecule has 21 heavy (non-hydrogen) atoms. The monoisotopic (exact) mass is 352 g/mol. The average molecular weight is 353 g/mol. The Morgan fingerprint density at radius 1 is 0.905 bits per heavy atom. The third-order valence-electron chi connectivity index (χ3n) is 3.41. The van der Waals surface area contributed by atoms with Gasteiger partial charge >= 0.3 is 0 Å². The number of ether oxygens (including phenoxy) is 1. The number of unbranched alkanes of at least 4 members (excludes halogenated alkanes) is 1. The van der Waals surface area contributed by atoms with Crippen molar-refractivity contribution < 1.29 is 18.1 Å². The van der Waals surface area contributed by atoms with E-state index >= 15 is 0 Å². The largest absolute Gasteiger partial charge is 0.439 e. The molecule has 0 amide bonds. The van der Waals surface area contributed by atoms with Crippen molar-refractivity contribution in [3.05, 3.63) is 0 Å². The molecule has 1 atom stereocenters. The fraction of sp³-hybridized carbons (Fsp3) is 1.00.